The zero-order chi connectivity index (χ0) is 11.9. The van der Waals surface area contributed by atoms with Crippen molar-refractivity contribution in [1.29, 1.82) is 0 Å². The average molecular weight is 339 g/mol. The molecule has 0 amide bonds. The molecule has 0 saturated heterocycles. The summed E-state index contributed by atoms with van der Waals surface area (Å²) in [5, 5.41) is 0.574. The number of hydrogen-bond donors (Lipinski definition) is 0. The van der Waals surface area contributed by atoms with Gasteiger partial charge in [0.2, 0.25) is 0 Å². The summed E-state index contributed by atoms with van der Waals surface area (Å²) in [5.74, 6) is -0.0478. The minimum absolute atomic E-state index is 0.0108. The van der Waals surface area contributed by atoms with E-state index in [4.69, 9.17) is 69.6 Å². The highest BCUT2D eigenvalue weighted by Crippen LogP contribution is 2.77. The Balaban J connectivity index is 2.32. The van der Waals surface area contributed by atoms with Crippen molar-refractivity contribution in [3.05, 3.63) is 22.2 Å². The maximum atomic E-state index is 6.56. The fourth-order valence-electron chi connectivity index (χ4n) is 3.08. The highest BCUT2D eigenvalue weighted by molar-refractivity contribution is 6.65. The van der Waals surface area contributed by atoms with Crippen LogP contribution in [0.1, 0.15) is 6.42 Å². The third-order valence-corrected chi connectivity index (χ3v) is 8.20. The van der Waals surface area contributed by atoms with Crippen LogP contribution in [0.5, 0.6) is 0 Å². The van der Waals surface area contributed by atoms with Crippen LogP contribution in [0.3, 0.4) is 0 Å². The Morgan fingerprint density at radius 1 is 1.00 bits per heavy atom. The molecule has 3 aliphatic carbocycles. The van der Waals surface area contributed by atoms with Gasteiger partial charge in [-0.2, -0.15) is 0 Å². The lowest BCUT2D eigenvalue weighted by Crippen LogP contribution is -2.44. The second-order valence-corrected chi connectivity index (χ2v) is 7.70. The van der Waals surface area contributed by atoms with Crippen LogP contribution in [-0.2, 0) is 0 Å². The van der Waals surface area contributed by atoms with Gasteiger partial charge in [0, 0.05) is 5.92 Å². The van der Waals surface area contributed by atoms with Gasteiger partial charge in [-0.25, -0.2) is 0 Å². The van der Waals surface area contributed by atoms with Crippen molar-refractivity contribution in [1.82, 2.24) is 0 Å². The molecule has 0 N–H and O–H groups in total. The van der Waals surface area contributed by atoms with Gasteiger partial charge in [-0.1, -0.05) is 58.6 Å². The van der Waals surface area contributed by atoms with E-state index < -0.39 is 14.1 Å². The van der Waals surface area contributed by atoms with Gasteiger partial charge in [-0.15, -0.1) is 23.2 Å². The van der Waals surface area contributed by atoms with Crippen LogP contribution in [0.25, 0.3) is 0 Å². The molecule has 3 rings (SSSR count). The first-order chi connectivity index (χ1) is 7.29. The third-order valence-electron chi connectivity index (χ3n) is 3.88. The SMILES string of the molecule is ClC1=C(Cl)C2(Cl)C3CC=CC3C1(Cl)C2(Cl)Cl. The lowest BCUT2D eigenvalue weighted by atomic mass is 9.84. The van der Waals surface area contributed by atoms with Crippen LogP contribution in [0.15, 0.2) is 22.2 Å². The molecule has 0 spiro atoms. The second-order valence-electron chi connectivity index (χ2n) is 4.42. The highest BCUT2D eigenvalue weighted by atomic mass is 35.5. The Morgan fingerprint density at radius 2 is 1.56 bits per heavy atom. The molecule has 1 fully saturated rings. The van der Waals surface area contributed by atoms with Gasteiger partial charge in [0.05, 0.1) is 10.1 Å². The number of halogens is 6. The van der Waals surface area contributed by atoms with Crippen molar-refractivity contribution in [2.75, 3.05) is 0 Å². The zero-order valence-electron chi connectivity index (χ0n) is 7.78. The normalized spacial score (nSPS) is 52.6. The van der Waals surface area contributed by atoms with Crippen molar-refractivity contribution < 1.29 is 0 Å². The quantitative estimate of drug-likeness (QED) is 0.429. The van der Waals surface area contributed by atoms with Gasteiger partial charge in [-0.3, -0.25) is 0 Å². The van der Waals surface area contributed by atoms with Crippen LogP contribution >= 0.6 is 69.6 Å². The van der Waals surface area contributed by atoms with E-state index in [0.717, 1.165) is 6.42 Å². The minimum Gasteiger partial charge on any atom is -0.109 e. The molecular formula is C10H6Cl6. The molecule has 6 heteroatoms. The van der Waals surface area contributed by atoms with Gasteiger partial charge >= 0.3 is 0 Å². The lowest BCUT2D eigenvalue weighted by molar-refractivity contribution is 0.416. The number of alkyl halides is 4. The van der Waals surface area contributed by atoms with Gasteiger partial charge in [0.25, 0.3) is 0 Å². The van der Waals surface area contributed by atoms with E-state index in [1.165, 1.54) is 0 Å². The number of allylic oxidation sites excluding steroid dienone is 4. The summed E-state index contributed by atoms with van der Waals surface area (Å²) in [6.07, 6.45) is 4.77. The van der Waals surface area contributed by atoms with Crippen LogP contribution in [-0.4, -0.2) is 14.1 Å². The first-order valence-electron chi connectivity index (χ1n) is 4.78. The van der Waals surface area contributed by atoms with E-state index in [9.17, 15) is 0 Å². The molecule has 0 aliphatic heterocycles. The minimum atomic E-state index is -1.38. The number of rotatable bonds is 0. The van der Waals surface area contributed by atoms with Crippen molar-refractivity contribution >= 4 is 69.6 Å². The lowest BCUT2D eigenvalue weighted by Gasteiger charge is -2.33. The first kappa shape index (κ1) is 12.3. The number of hydrogen-bond acceptors (Lipinski definition) is 0. The third kappa shape index (κ3) is 0.940. The molecule has 88 valence electrons. The Bertz CT molecular complexity index is 439. The molecule has 0 aromatic carbocycles. The fraction of sp³-hybridized carbons (Fsp3) is 0.600. The van der Waals surface area contributed by atoms with Crippen LogP contribution < -0.4 is 0 Å². The van der Waals surface area contributed by atoms with E-state index in [1.807, 2.05) is 12.2 Å². The number of fused-ring (bicyclic) bond motifs is 5. The van der Waals surface area contributed by atoms with Gasteiger partial charge < -0.3 is 0 Å². The van der Waals surface area contributed by atoms with E-state index in [-0.39, 0.29) is 16.9 Å². The molecule has 0 aromatic heterocycles. The fourth-order valence-corrected chi connectivity index (χ4v) is 6.12. The summed E-state index contributed by atoms with van der Waals surface area (Å²) < 4.78 is -1.38. The topological polar surface area (TPSA) is 0 Å². The monoisotopic (exact) mass is 336 g/mol. The molecule has 2 bridgehead atoms. The molecule has 0 aromatic rings. The molecule has 0 heterocycles. The predicted octanol–water partition coefficient (Wildman–Crippen LogP) is 5.02. The van der Waals surface area contributed by atoms with Crippen molar-refractivity contribution in [2.45, 2.75) is 20.5 Å². The smallest absolute Gasteiger partial charge is 0.109 e. The summed E-state index contributed by atoms with van der Waals surface area (Å²) in [6.45, 7) is 0. The molecule has 4 atom stereocenters. The summed E-state index contributed by atoms with van der Waals surface area (Å²) in [6, 6.07) is 0. The Labute approximate surface area is 123 Å². The molecule has 1 saturated carbocycles. The first-order valence-corrected chi connectivity index (χ1v) is 7.05. The molecule has 4 unspecified atom stereocenters. The van der Waals surface area contributed by atoms with Crippen LogP contribution in [0.2, 0.25) is 0 Å². The summed E-state index contributed by atoms with van der Waals surface area (Å²) >= 11 is 38.2. The Kier molecular flexibility index (Phi) is 2.46. The standard InChI is InChI=1S/C10H6Cl6/c11-6-7(12)9(14)5-3-1-2-4(5)8(6,13)10(9,15)16/h1-2,4-5H,3H2. The van der Waals surface area contributed by atoms with Crippen molar-refractivity contribution in [2.24, 2.45) is 11.8 Å². The summed E-state index contributed by atoms with van der Waals surface area (Å²) in [5.41, 5.74) is 0. The van der Waals surface area contributed by atoms with Crippen LogP contribution in [0.4, 0.5) is 0 Å². The van der Waals surface area contributed by atoms with Crippen molar-refractivity contribution in [3.63, 3.8) is 0 Å². The predicted molar refractivity (Wildman–Crippen MR) is 71.1 cm³/mol. The van der Waals surface area contributed by atoms with Gasteiger partial charge in [-0.05, 0) is 12.3 Å². The van der Waals surface area contributed by atoms with Crippen LogP contribution in [0, 0.1) is 11.8 Å². The van der Waals surface area contributed by atoms with E-state index in [0.29, 0.717) is 5.03 Å². The molecule has 0 radical (unpaired) electrons. The van der Waals surface area contributed by atoms with E-state index in [2.05, 4.69) is 0 Å². The Morgan fingerprint density at radius 3 is 2.19 bits per heavy atom. The molecular weight excluding hydrogens is 333 g/mol. The van der Waals surface area contributed by atoms with Crippen molar-refractivity contribution in [3.8, 4) is 0 Å². The largest absolute Gasteiger partial charge is 0.167 e. The van der Waals surface area contributed by atoms with Gasteiger partial charge in [0.1, 0.15) is 9.75 Å². The average Bonchev–Trinajstić information content (AvgIpc) is 2.78. The van der Waals surface area contributed by atoms with E-state index >= 15 is 0 Å². The maximum absolute atomic E-state index is 6.56. The van der Waals surface area contributed by atoms with Gasteiger partial charge in [0.15, 0.2) is 4.33 Å². The Hall–Kier alpha value is 1.22. The maximum Gasteiger partial charge on any atom is 0.167 e. The second kappa shape index (κ2) is 3.21. The summed E-state index contributed by atoms with van der Waals surface area (Å²) in [4.78, 5) is -2.18. The summed E-state index contributed by atoms with van der Waals surface area (Å²) in [7, 11) is 0. The van der Waals surface area contributed by atoms with E-state index in [1.54, 1.807) is 0 Å². The molecule has 0 nitrogen and oxygen atoms in total. The molecule has 3 aliphatic rings. The highest BCUT2D eigenvalue weighted by Gasteiger charge is 2.81. The molecule has 16 heavy (non-hydrogen) atoms. The zero-order valence-corrected chi connectivity index (χ0v) is 12.3.